The number of amides is 1. The van der Waals surface area contributed by atoms with Gasteiger partial charge >= 0.3 is 0 Å². The molecule has 1 heterocycles. The highest BCUT2D eigenvalue weighted by molar-refractivity contribution is 14.1. The van der Waals surface area contributed by atoms with Crippen LogP contribution in [0.1, 0.15) is 10.4 Å². The largest absolute Gasteiger partial charge is 0.322 e. The molecule has 0 unspecified atom stereocenters. The molecule has 1 amide bonds. The van der Waals surface area contributed by atoms with E-state index in [9.17, 15) is 4.79 Å². The molecule has 1 N–H and O–H groups in total. The fourth-order valence-electron chi connectivity index (χ4n) is 1.85. The first kappa shape index (κ1) is 13.0. The molecule has 0 saturated carbocycles. The van der Waals surface area contributed by atoms with Crippen LogP contribution in [-0.2, 0) is 0 Å². The van der Waals surface area contributed by atoms with Crippen LogP contribution in [0.2, 0.25) is 0 Å². The zero-order valence-electron chi connectivity index (χ0n) is 10.4. The van der Waals surface area contributed by atoms with E-state index in [0.717, 1.165) is 14.6 Å². The van der Waals surface area contributed by atoms with Crippen molar-refractivity contribution < 1.29 is 4.79 Å². The molecule has 3 rings (SSSR count). The number of carbonyl (C=O) groups excluding carboxylic acids is 1. The summed E-state index contributed by atoms with van der Waals surface area (Å²) in [6.45, 7) is 0. The van der Waals surface area contributed by atoms with Crippen molar-refractivity contribution in [3.63, 3.8) is 0 Å². The van der Waals surface area contributed by atoms with Gasteiger partial charge in [0.2, 0.25) is 0 Å². The van der Waals surface area contributed by atoms with Gasteiger partial charge in [0.1, 0.15) is 0 Å². The zero-order chi connectivity index (χ0) is 13.9. The number of aromatic nitrogens is 2. The number of nitrogens with zero attached hydrogens (tertiary/aromatic N) is 2. The lowest BCUT2D eigenvalue weighted by atomic mass is 10.2. The maximum atomic E-state index is 12.1. The first-order valence-electron chi connectivity index (χ1n) is 6.00. The second kappa shape index (κ2) is 5.54. The molecular weight excluding hydrogens is 365 g/mol. The van der Waals surface area contributed by atoms with Gasteiger partial charge in [-0.2, -0.15) is 0 Å². The van der Waals surface area contributed by atoms with Crippen LogP contribution < -0.4 is 5.32 Å². The van der Waals surface area contributed by atoms with Crippen LogP contribution in [0.25, 0.3) is 11.0 Å². The van der Waals surface area contributed by atoms with Gasteiger partial charge in [0, 0.05) is 27.2 Å². The minimum Gasteiger partial charge on any atom is -0.322 e. The summed E-state index contributed by atoms with van der Waals surface area (Å²) in [4.78, 5) is 20.5. The molecule has 0 radical (unpaired) electrons. The molecule has 0 spiro atoms. The van der Waals surface area contributed by atoms with Crippen molar-refractivity contribution >= 4 is 45.2 Å². The van der Waals surface area contributed by atoms with Gasteiger partial charge < -0.3 is 5.32 Å². The van der Waals surface area contributed by atoms with E-state index in [0.29, 0.717) is 11.3 Å². The summed E-state index contributed by atoms with van der Waals surface area (Å²) in [5.74, 6) is -0.135. The Kier molecular flexibility index (Phi) is 3.60. The van der Waals surface area contributed by atoms with Crippen LogP contribution in [0.3, 0.4) is 0 Å². The quantitative estimate of drug-likeness (QED) is 0.698. The first-order valence-corrected chi connectivity index (χ1v) is 7.08. The Hall–Kier alpha value is -2.02. The lowest BCUT2D eigenvalue weighted by Crippen LogP contribution is -2.11. The third-order valence-corrected chi connectivity index (χ3v) is 3.55. The molecule has 2 aromatic carbocycles. The van der Waals surface area contributed by atoms with E-state index >= 15 is 0 Å². The average molecular weight is 375 g/mol. The van der Waals surface area contributed by atoms with Gasteiger partial charge in [-0.3, -0.25) is 14.8 Å². The number of carbonyl (C=O) groups is 1. The van der Waals surface area contributed by atoms with Gasteiger partial charge in [-0.05, 0) is 65.1 Å². The Morgan fingerprint density at radius 3 is 2.40 bits per heavy atom. The van der Waals surface area contributed by atoms with E-state index in [1.807, 2.05) is 30.3 Å². The number of hydrogen-bond donors (Lipinski definition) is 1. The summed E-state index contributed by atoms with van der Waals surface area (Å²) >= 11 is 2.21. The molecule has 0 aliphatic heterocycles. The van der Waals surface area contributed by atoms with Crippen LogP contribution in [-0.4, -0.2) is 15.9 Å². The molecule has 4 nitrogen and oxygen atoms in total. The van der Waals surface area contributed by atoms with E-state index in [-0.39, 0.29) is 5.91 Å². The Labute approximate surface area is 129 Å². The number of hydrogen-bond acceptors (Lipinski definition) is 3. The molecule has 0 fully saturated rings. The van der Waals surface area contributed by atoms with E-state index < -0.39 is 0 Å². The van der Waals surface area contributed by atoms with Gasteiger partial charge in [-0.25, -0.2) is 0 Å². The van der Waals surface area contributed by atoms with Crippen molar-refractivity contribution in [2.75, 3.05) is 5.32 Å². The number of halogens is 1. The van der Waals surface area contributed by atoms with Crippen LogP contribution >= 0.6 is 22.6 Å². The van der Waals surface area contributed by atoms with Crippen molar-refractivity contribution in [1.29, 1.82) is 0 Å². The molecule has 1 aromatic heterocycles. The van der Waals surface area contributed by atoms with Crippen molar-refractivity contribution in [3.05, 3.63) is 64.0 Å². The van der Waals surface area contributed by atoms with Crippen molar-refractivity contribution in [2.45, 2.75) is 0 Å². The molecular formula is C15H10IN3O. The monoisotopic (exact) mass is 375 g/mol. The highest BCUT2D eigenvalue weighted by Crippen LogP contribution is 2.16. The number of anilines is 1. The Bertz CT molecular complexity index is 771. The summed E-state index contributed by atoms with van der Waals surface area (Å²) in [5, 5.41) is 2.86. The van der Waals surface area contributed by atoms with E-state index in [2.05, 4.69) is 37.9 Å². The third kappa shape index (κ3) is 2.77. The summed E-state index contributed by atoms with van der Waals surface area (Å²) in [5.41, 5.74) is 2.90. The standard InChI is InChI=1S/C15H10IN3O/c16-11-3-1-10(2-4-11)15(20)19-12-5-6-13-14(9-12)18-8-7-17-13/h1-9H,(H,19,20). The smallest absolute Gasteiger partial charge is 0.255 e. The number of rotatable bonds is 2. The molecule has 20 heavy (non-hydrogen) atoms. The maximum absolute atomic E-state index is 12.1. The minimum atomic E-state index is -0.135. The fraction of sp³-hybridized carbons (Fsp3) is 0. The molecule has 0 atom stereocenters. The van der Waals surface area contributed by atoms with E-state index in [1.54, 1.807) is 24.5 Å². The normalized spacial score (nSPS) is 10.4. The van der Waals surface area contributed by atoms with Crippen molar-refractivity contribution in [2.24, 2.45) is 0 Å². The van der Waals surface area contributed by atoms with E-state index in [1.165, 1.54) is 0 Å². The highest BCUT2D eigenvalue weighted by atomic mass is 127. The van der Waals surface area contributed by atoms with Crippen LogP contribution in [0.5, 0.6) is 0 Å². The minimum absolute atomic E-state index is 0.135. The number of nitrogens with one attached hydrogen (secondary N) is 1. The molecule has 3 aromatic rings. The second-order valence-electron chi connectivity index (χ2n) is 4.22. The molecule has 0 aliphatic rings. The third-order valence-electron chi connectivity index (χ3n) is 2.83. The number of benzene rings is 2. The number of fused-ring (bicyclic) bond motifs is 1. The predicted molar refractivity (Wildman–Crippen MR) is 86.7 cm³/mol. The van der Waals surface area contributed by atoms with Gasteiger partial charge in [-0.1, -0.05) is 0 Å². The second-order valence-corrected chi connectivity index (χ2v) is 5.47. The van der Waals surface area contributed by atoms with Gasteiger partial charge in [0.25, 0.3) is 5.91 Å². The predicted octanol–water partition coefficient (Wildman–Crippen LogP) is 3.49. The van der Waals surface area contributed by atoms with Crippen LogP contribution in [0.4, 0.5) is 5.69 Å². The summed E-state index contributed by atoms with van der Waals surface area (Å²) in [7, 11) is 0. The van der Waals surface area contributed by atoms with Crippen LogP contribution in [0, 0.1) is 3.57 Å². The van der Waals surface area contributed by atoms with E-state index in [4.69, 9.17) is 0 Å². The van der Waals surface area contributed by atoms with Gasteiger partial charge in [-0.15, -0.1) is 0 Å². The highest BCUT2D eigenvalue weighted by Gasteiger charge is 2.06. The Balaban J connectivity index is 1.85. The van der Waals surface area contributed by atoms with Crippen molar-refractivity contribution in [3.8, 4) is 0 Å². The molecule has 98 valence electrons. The summed E-state index contributed by atoms with van der Waals surface area (Å²) in [6.07, 6.45) is 3.28. The summed E-state index contributed by atoms with van der Waals surface area (Å²) in [6, 6.07) is 12.9. The fourth-order valence-corrected chi connectivity index (χ4v) is 2.21. The SMILES string of the molecule is O=C(Nc1ccc2nccnc2c1)c1ccc(I)cc1. The lowest BCUT2D eigenvalue weighted by molar-refractivity contribution is 0.102. The van der Waals surface area contributed by atoms with Crippen molar-refractivity contribution in [1.82, 2.24) is 9.97 Å². The Morgan fingerprint density at radius 2 is 1.65 bits per heavy atom. The van der Waals surface area contributed by atoms with Crippen LogP contribution in [0.15, 0.2) is 54.9 Å². The van der Waals surface area contributed by atoms with Gasteiger partial charge in [0.15, 0.2) is 0 Å². The average Bonchev–Trinajstić information content (AvgIpc) is 2.48. The topological polar surface area (TPSA) is 54.9 Å². The molecule has 5 heteroatoms. The first-order chi connectivity index (χ1) is 9.72. The zero-order valence-corrected chi connectivity index (χ0v) is 12.5. The van der Waals surface area contributed by atoms with Gasteiger partial charge in [0.05, 0.1) is 11.0 Å². The summed E-state index contributed by atoms with van der Waals surface area (Å²) < 4.78 is 1.10. The lowest BCUT2D eigenvalue weighted by Gasteiger charge is -2.06. The molecule has 0 bridgehead atoms. The Morgan fingerprint density at radius 1 is 0.950 bits per heavy atom. The molecule has 0 saturated heterocycles. The maximum Gasteiger partial charge on any atom is 0.255 e. The molecule has 0 aliphatic carbocycles.